The summed E-state index contributed by atoms with van der Waals surface area (Å²) in [4.78, 5) is 55.0. The van der Waals surface area contributed by atoms with Crippen LogP contribution < -0.4 is 16.0 Å². The molecule has 0 spiro atoms. The van der Waals surface area contributed by atoms with Crippen LogP contribution in [0.5, 0.6) is 0 Å². The van der Waals surface area contributed by atoms with Crippen molar-refractivity contribution in [2.45, 2.75) is 66.3 Å². The standard InChI is InChI=1S/C33H45N7O6/c1-22(2)40(32(44)45-33(4,5)6)16-15-34-28(41)20-38(21-29(42)37(8)39-18-25-11-9-10-12-26(25)19-39)27-17-24(14-13-23(27)3)30-35-46-31(43)36(30)7/h9-14,17,22H,15-16,18-21H2,1-8H3,(H,34,41). The van der Waals surface area contributed by atoms with Crippen LogP contribution in [0, 0.1) is 6.92 Å². The molecule has 3 amide bonds. The zero-order valence-corrected chi connectivity index (χ0v) is 28.0. The lowest BCUT2D eigenvalue weighted by atomic mass is 10.1. The van der Waals surface area contributed by atoms with E-state index in [2.05, 4.69) is 22.6 Å². The van der Waals surface area contributed by atoms with E-state index >= 15 is 0 Å². The number of hydrogen-bond donors (Lipinski definition) is 1. The van der Waals surface area contributed by atoms with Crippen LogP contribution in [0.15, 0.2) is 51.8 Å². The number of rotatable bonds is 11. The Morgan fingerprint density at radius 3 is 2.28 bits per heavy atom. The number of anilines is 1. The highest BCUT2D eigenvalue weighted by atomic mass is 16.6. The molecule has 248 valence electrons. The number of hydrazine groups is 1. The third-order valence-electron chi connectivity index (χ3n) is 7.81. The van der Waals surface area contributed by atoms with E-state index in [0.717, 1.165) is 5.56 Å². The first-order valence-corrected chi connectivity index (χ1v) is 15.4. The van der Waals surface area contributed by atoms with Gasteiger partial charge in [0.05, 0.1) is 13.1 Å². The highest BCUT2D eigenvalue weighted by molar-refractivity contribution is 5.87. The molecule has 1 N–H and O–H groups in total. The van der Waals surface area contributed by atoms with Crippen LogP contribution in [-0.2, 0) is 34.5 Å². The lowest BCUT2D eigenvalue weighted by molar-refractivity contribution is -0.145. The molecule has 0 radical (unpaired) electrons. The number of aryl methyl sites for hydroxylation is 1. The maximum atomic E-state index is 13.7. The van der Waals surface area contributed by atoms with E-state index in [1.165, 1.54) is 15.7 Å². The number of carbonyl (C=O) groups excluding carboxylic acids is 3. The van der Waals surface area contributed by atoms with Crippen LogP contribution in [0.2, 0.25) is 0 Å². The highest BCUT2D eigenvalue weighted by Gasteiger charge is 2.28. The van der Waals surface area contributed by atoms with Crippen molar-refractivity contribution in [3.05, 3.63) is 69.7 Å². The third kappa shape index (κ3) is 8.33. The van der Waals surface area contributed by atoms with Gasteiger partial charge in [0.25, 0.3) is 5.91 Å². The van der Waals surface area contributed by atoms with Crippen LogP contribution >= 0.6 is 0 Å². The van der Waals surface area contributed by atoms with Crippen molar-refractivity contribution in [1.82, 2.24) is 30.0 Å². The Kier molecular flexibility index (Phi) is 10.6. The van der Waals surface area contributed by atoms with Crippen molar-refractivity contribution in [1.29, 1.82) is 0 Å². The Morgan fingerprint density at radius 1 is 1.07 bits per heavy atom. The molecule has 0 saturated heterocycles. The molecule has 0 unspecified atom stereocenters. The zero-order chi connectivity index (χ0) is 33.8. The van der Waals surface area contributed by atoms with Crippen molar-refractivity contribution in [2.75, 3.05) is 38.1 Å². The SMILES string of the molecule is Cc1ccc(-c2noc(=O)n2C)cc1N(CC(=O)NCCN(C(=O)OC(C)(C)C)C(C)C)CC(=O)N(C)N1Cc2ccccc2C1. The number of hydrogen-bond acceptors (Lipinski definition) is 9. The fourth-order valence-electron chi connectivity index (χ4n) is 5.23. The Balaban J connectivity index is 1.52. The highest BCUT2D eigenvalue weighted by Crippen LogP contribution is 2.28. The minimum Gasteiger partial charge on any atom is -0.444 e. The average Bonchev–Trinajstić information content (AvgIpc) is 3.56. The van der Waals surface area contributed by atoms with Gasteiger partial charge in [-0.1, -0.05) is 41.6 Å². The maximum absolute atomic E-state index is 13.7. The Labute approximate surface area is 269 Å². The fourth-order valence-corrected chi connectivity index (χ4v) is 5.23. The summed E-state index contributed by atoms with van der Waals surface area (Å²) in [5.74, 6) is -0.797. The van der Waals surface area contributed by atoms with Crippen LogP contribution in [0.4, 0.5) is 10.5 Å². The van der Waals surface area contributed by atoms with Crippen molar-refractivity contribution in [2.24, 2.45) is 7.05 Å². The molecular weight excluding hydrogens is 590 g/mol. The maximum Gasteiger partial charge on any atom is 0.441 e. The third-order valence-corrected chi connectivity index (χ3v) is 7.81. The molecule has 0 bridgehead atoms. The second-order valence-electron chi connectivity index (χ2n) is 12.8. The zero-order valence-electron chi connectivity index (χ0n) is 28.0. The molecule has 4 rings (SSSR count). The van der Waals surface area contributed by atoms with Gasteiger partial charge in [-0.2, -0.15) is 0 Å². The minimum absolute atomic E-state index is 0.0885. The number of carbonyl (C=O) groups is 3. The number of fused-ring (bicyclic) bond motifs is 1. The van der Waals surface area contributed by atoms with Crippen molar-refractivity contribution in [3.63, 3.8) is 0 Å². The van der Waals surface area contributed by atoms with Gasteiger partial charge < -0.3 is 19.9 Å². The summed E-state index contributed by atoms with van der Waals surface area (Å²) in [6, 6.07) is 13.4. The van der Waals surface area contributed by atoms with Gasteiger partial charge in [-0.25, -0.2) is 14.6 Å². The second kappa shape index (κ2) is 14.2. The summed E-state index contributed by atoms with van der Waals surface area (Å²) in [6.45, 7) is 12.5. The monoisotopic (exact) mass is 635 g/mol. The largest absolute Gasteiger partial charge is 0.444 e. The van der Waals surface area contributed by atoms with Crippen LogP contribution in [0.3, 0.4) is 0 Å². The smallest absolute Gasteiger partial charge is 0.441 e. The molecule has 3 aromatic rings. The Hall–Kier alpha value is -4.65. The van der Waals surface area contributed by atoms with Crippen molar-refractivity contribution < 1.29 is 23.6 Å². The fraction of sp³-hybridized carbons (Fsp3) is 0.485. The van der Waals surface area contributed by atoms with Gasteiger partial charge in [-0.3, -0.25) is 23.7 Å². The van der Waals surface area contributed by atoms with E-state index in [9.17, 15) is 19.2 Å². The van der Waals surface area contributed by atoms with Gasteiger partial charge in [-0.15, -0.1) is 0 Å². The van der Waals surface area contributed by atoms with Gasteiger partial charge in [-0.05, 0) is 64.3 Å². The first kappa shape index (κ1) is 34.2. The summed E-state index contributed by atoms with van der Waals surface area (Å²) < 4.78 is 11.6. The molecule has 46 heavy (non-hydrogen) atoms. The predicted octanol–water partition coefficient (Wildman–Crippen LogP) is 3.31. The second-order valence-corrected chi connectivity index (χ2v) is 12.8. The quantitative estimate of drug-likeness (QED) is 0.337. The minimum atomic E-state index is -0.643. The van der Waals surface area contributed by atoms with Crippen molar-refractivity contribution >= 4 is 23.6 Å². The van der Waals surface area contributed by atoms with Gasteiger partial charge in [0.15, 0.2) is 5.82 Å². The van der Waals surface area contributed by atoms with E-state index in [4.69, 9.17) is 9.26 Å². The number of nitrogens with one attached hydrogen (secondary N) is 1. The Bertz CT molecular complexity index is 1600. The lowest BCUT2D eigenvalue weighted by Crippen LogP contribution is -2.49. The summed E-state index contributed by atoms with van der Waals surface area (Å²) in [7, 11) is 3.29. The molecule has 0 aliphatic carbocycles. The first-order valence-electron chi connectivity index (χ1n) is 15.4. The van der Waals surface area contributed by atoms with Crippen LogP contribution in [0.1, 0.15) is 51.3 Å². The van der Waals surface area contributed by atoms with Crippen LogP contribution in [0.25, 0.3) is 11.4 Å². The molecule has 13 heteroatoms. The topological polar surface area (TPSA) is 133 Å². The number of amides is 3. The number of benzene rings is 2. The number of ether oxygens (including phenoxy) is 1. The normalized spacial score (nSPS) is 13.0. The first-order chi connectivity index (χ1) is 21.6. The van der Waals surface area contributed by atoms with Gasteiger partial charge >= 0.3 is 11.8 Å². The Morgan fingerprint density at radius 2 is 1.72 bits per heavy atom. The molecular formula is C33H45N7O6. The molecule has 2 heterocycles. The van der Waals surface area contributed by atoms with E-state index < -0.39 is 17.5 Å². The summed E-state index contributed by atoms with van der Waals surface area (Å²) >= 11 is 0. The molecule has 0 saturated carbocycles. The van der Waals surface area contributed by atoms with Crippen molar-refractivity contribution in [3.8, 4) is 11.4 Å². The van der Waals surface area contributed by atoms with E-state index in [-0.39, 0.29) is 44.0 Å². The van der Waals surface area contributed by atoms with Gasteiger partial charge in [0, 0.05) is 57.6 Å². The molecule has 2 aromatic carbocycles. The number of aromatic nitrogens is 2. The van der Waals surface area contributed by atoms with Gasteiger partial charge in [0.2, 0.25) is 5.91 Å². The summed E-state index contributed by atoms with van der Waals surface area (Å²) in [6.07, 6.45) is -0.453. The lowest BCUT2D eigenvalue weighted by Gasteiger charge is -2.32. The number of likely N-dealkylation sites (N-methyl/N-ethyl adjacent to an activating group) is 1. The van der Waals surface area contributed by atoms with Gasteiger partial charge in [0.1, 0.15) is 5.60 Å². The van der Waals surface area contributed by atoms with E-state index in [1.807, 2.05) is 44.0 Å². The molecule has 1 aromatic heterocycles. The molecule has 1 aliphatic heterocycles. The number of nitrogens with zero attached hydrogens (tertiary/aromatic N) is 6. The summed E-state index contributed by atoms with van der Waals surface area (Å²) in [5, 5.41) is 10.4. The average molecular weight is 636 g/mol. The van der Waals surface area contributed by atoms with E-state index in [0.29, 0.717) is 30.2 Å². The van der Waals surface area contributed by atoms with E-state index in [1.54, 1.807) is 61.8 Å². The predicted molar refractivity (Wildman–Crippen MR) is 174 cm³/mol. The summed E-state index contributed by atoms with van der Waals surface area (Å²) in [5.41, 5.74) is 3.75. The molecule has 13 nitrogen and oxygen atoms in total. The molecule has 1 aliphatic rings. The molecule has 0 fully saturated rings. The molecule has 0 atom stereocenters. The van der Waals surface area contributed by atoms with Crippen LogP contribution in [-0.4, -0.2) is 87.4 Å².